The van der Waals surface area contributed by atoms with Gasteiger partial charge in [0, 0.05) is 0 Å². The van der Waals surface area contributed by atoms with Gasteiger partial charge in [0.25, 0.3) is 0 Å². The van der Waals surface area contributed by atoms with Crippen LogP contribution in [0, 0.1) is 6.92 Å². The molecule has 0 saturated carbocycles. The molecule has 0 aliphatic rings. The molecule has 0 bridgehead atoms. The summed E-state index contributed by atoms with van der Waals surface area (Å²) in [7, 11) is 0. The fourth-order valence-corrected chi connectivity index (χ4v) is 1.33. The molecular formula is C14H13LiO. The number of hydrogen-bond donors (Lipinski definition) is 0. The van der Waals surface area contributed by atoms with Crippen LogP contribution < -0.4 is 23.6 Å². The Kier molecular flexibility index (Phi) is 5.05. The number of ether oxygens (including phenoxy) is 1. The van der Waals surface area contributed by atoms with Gasteiger partial charge in [-0.1, -0.05) is 42.5 Å². The van der Waals surface area contributed by atoms with Gasteiger partial charge in [0.1, 0.15) is 6.61 Å². The van der Waals surface area contributed by atoms with Crippen molar-refractivity contribution in [2.24, 2.45) is 0 Å². The molecule has 0 heterocycles. The first-order valence-corrected chi connectivity index (χ1v) is 4.93. The summed E-state index contributed by atoms with van der Waals surface area (Å²) in [4.78, 5) is 0. The molecule has 2 aromatic carbocycles. The third kappa shape index (κ3) is 3.70. The second kappa shape index (κ2) is 6.32. The third-order valence-corrected chi connectivity index (χ3v) is 2.17. The van der Waals surface area contributed by atoms with E-state index in [1.165, 1.54) is 5.56 Å². The Morgan fingerprint density at radius 1 is 0.875 bits per heavy atom. The zero-order valence-electron chi connectivity index (χ0n) is 9.52. The van der Waals surface area contributed by atoms with E-state index in [0.29, 0.717) is 6.61 Å². The standard InChI is InChI=1S/C14H13O.Li/c1-12-7-9-14(10-8-12)15-11-13-5-3-2-4-6-13;/h2-10H,1,11H2;/q-1;+1. The topological polar surface area (TPSA) is 9.23 Å². The summed E-state index contributed by atoms with van der Waals surface area (Å²) in [5.74, 6) is 0.881. The van der Waals surface area contributed by atoms with E-state index in [2.05, 4.69) is 19.1 Å². The van der Waals surface area contributed by atoms with Gasteiger partial charge in [0.2, 0.25) is 0 Å². The quantitative estimate of drug-likeness (QED) is 0.521. The molecule has 0 aromatic heterocycles. The Morgan fingerprint density at radius 2 is 1.50 bits per heavy atom. The van der Waals surface area contributed by atoms with Gasteiger partial charge in [-0.2, -0.15) is 24.6 Å². The number of hydrogen-bond acceptors (Lipinski definition) is 1. The fraction of sp³-hybridized carbons (Fsp3) is 0.0714. The predicted molar refractivity (Wildman–Crippen MR) is 61.7 cm³/mol. The SMILES string of the molecule is [CH2-]c1ccc(OCc2ccccc2)cc1.[Li+]. The average molecular weight is 204 g/mol. The summed E-state index contributed by atoms with van der Waals surface area (Å²) in [5, 5.41) is 0. The van der Waals surface area contributed by atoms with Crippen LogP contribution in [0.1, 0.15) is 11.1 Å². The van der Waals surface area contributed by atoms with Crippen LogP contribution in [0.15, 0.2) is 54.6 Å². The average Bonchev–Trinajstić information content (AvgIpc) is 2.30. The minimum atomic E-state index is 0. The first-order chi connectivity index (χ1) is 7.34. The van der Waals surface area contributed by atoms with Crippen molar-refractivity contribution in [1.82, 2.24) is 0 Å². The predicted octanol–water partition coefficient (Wildman–Crippen LogP) is 0.452. The van der Waals surface area contributed by atoms with E-state index < -0.39 is 0 Å². The van der Waals surface area contributed by atoms with Crippen molar-refractivity contribution in [3.63, 3.8) is 0 Å². The summed E-state index contributed by atoms with van der Waals surface area (Å²) < 4.78 is 5.62. The van der Waals surface area contributed by atoms with E-state index in [1.54, 1.807) is 0 Å². The molecule has 0 aliphatic carbocycles. The monoisotopic (exact) mass is 204 g/mol. The van der Waals surface area contributed by atoms with E-state index in [-0.39, 0.29) is 18.9 Å². The summed E-state index contributed by atoms with van der Waals surface area (Å²) in [6.07, 6.45) is 0. The molecule has 0 atom stereocenters. The van der Waals surface area contributed by atoms with Crippen LogP contribution in [0.5, 0.6) is 5.75 Å². The Morgan fingerprint density at radius 3 is 2.12 bits per heavy atom. The summed E-state index contributed by atoms with van der Waals surface area (Å²) in [6.45, 7) is 4.43. The van der Waals surface area contributed by atoms with Crippen LogP contribution in [0.25, 0.3) is 0 Å². The maximum Gasteiger partial charge on any atom is 1.00 e. The van der Waals surface area contributed by atoms with Gasteiger partial charge in [-0.15, -0.1) is 0 Å². The summed E-state index contributed by atoms with van der Waals surface area (Å²) in [5.41, 5.74) is 2.18. The van der Waals surface area contributed by atoms with Gasteiger partial charge in [-0.25, -0.2) is 0 Å². The van der Waals surface area contributed by atoms with Crippen molar-refractivity contribution in [2.75, 3.05) is 0 Å². The molecule has 2 rings (SSSR count). The van der Waals surface area contributed by atoms with Crippen LogP contribution >= 0.6 is 0 Å². The van der Waals surface area contributed by atoms with Crippen molar-refractivity contribution in [3.8, 4) is 5.75 Å². The maximum atomic E-state index is 5.62. The number of benzene rings is 2. The van der Waals surface area contributed by atoms with E-state index >= 15 is 0 Å². The molecule has 0 spiro atoms. The molecule has 0 aliphatic heterocycles. The Bertz CT molecular complexity index is 409. The zero-order valence-corrected chi connectivity index (χ0v) is 9.52. The van der Waals surface area contributed by atoms with Crippen molar-refractivity contribution in [2.45, 2.75) is 6.61 Å². The van der Waals surface area contributed by atoms with Crippen molar-refractivity contribution < 1.29 is 23.6 Å². The fourth-order valence-electron chi connectivity index (χ4n) is 1.33. The molecule has 0 radical (unpaired) electrons. The van der Waals surface area contributed by atoms with Crippen LogP contribution in [0.2, 0.25) is 0 Å². The van der Waals surface area contributed by atoms with Crippen LogP contribution in [0.4, 0.5) is 0 Å². The molecule has 0 fully saturated rings. The van der Waals surface area contributed by atoms with Gasteiger partial charge in [-0.3, -0.25) is 0 Å². The molecule has 2 aromatic rings. The largest absolute Gasteiger partial charge is 1.00 e. The van der Waals surface area contributed by atoms with Gasteiger partial charge in [-0.05, 0) is 5.56 Å². The van der Waals surface area contributed by atoms with E-state index in [1.807, 2.05) is 42.5 Å². The molecule has 76 valence electrons. The third-order valence-electron chi connectivity index (χ3n) is 2.17. The van der Waals surface area contributed by atoms with Crippen molar-refractivity contribution >= 4 is 0 Å². The minimum Gasteiger partial charge on any atom is -0.491 e. The molecule has 0 unspecified atom stereocenters. The van der Waals surface area contributed by atoms with Crippen molar-refractivity contribution in [3.05, 3.63) is 72.6 Å². The minimum absolute atomic E-state index is 0. The van der Waals surface area contributed by atoms with Gasteiger partial charge < -0.3 is 4.74 Å². The van der Waals surface area contributed by atoms with Gasteiger partial charge >= 0.3 is 18.9 Å². The zero-order chi connectivity index (χ0) is 10.5. The molecule has 0 saturated heterocycles. The summed E-state index contributed by atoms with van der Waals surface area (Å²) >= 11 is 0. The van der Waals surface area contributed by atoms with Gasteiger partial charge in [0.05, 0.1) is 5.75 Å². The van der Waals surface area contributed by atoms with Gasteiger partial charge in [0.15, 0.2) is 0 Å². The molecule has 2 heteroatoms. The van der Waals surface area contributed by atoms with Crippen LogP contribution in [-0.2, 0) is 6.61 Å². The van der Waals surface area contributed by atoms with E-state index in [9.17, 15) is 0 Å². The van der Waals surface area contributed by atoms with Crippen LogP contribution in [-0.4, -0.2) is 0 Å². The Hall–Kier alpha value is -1.29. The Balaban J connectivity index is 0.00000128. The van der Waals surface area contributed by atoms with E-state index in [4.69, 9.17) is 4.74 Å². The first-order valence-electron chi connectivity index (χ1n) is 4.93. The second-order valence-electron chi connectivity index (χ2n) is 3.42. The van der Waals surface area contributed by atoms with E-state index in [0.717, 1.165) is 11.3 Å². The molecule has 0 amide bonds. The summed E-state index contributed by atoms with van der Waals surface area (Å²) in [6, 6.07) is 17.9. The van der Waals surface area contributed by atoms with Crippen molar-refractivity contribution in [1.29, 1.82) is 0 Å². The van der Waals surface area contributed by atoms with Crippen LogP contribution in [0.3, 0.4) is 0 Å². The smallest absolute Gasteiger partial charge is 0.491 e. The Labute approximate surface area is 109 Å². The number of rotatable bonds is 3. The maximum absolute atomic E-state index is 5.62. The molecule has 0 N–H and O–H groups in total. The first kappa shape index (κ1) is 12.8. The normalized spacial score (nSPS) is 9.25. The molecular weight excluding hydrogens is 191 g/mol. The second-order valence-corrected chi connectivity index (χ2v) is 3.42. The molecule has 1 nitrogen and oxygen atoms in total. The molecule has 16 heavy (non-hydrogen) atoms.